The van der Waals surface area contributed by atoms with Gasteiger partial charge in [0, 0.05) is 17.1 Å². The van der Waals surface area contributed by atoms with E-state index < -0.39 is 23.1 Å². The van der Waals surface area contributed by atoms with Crippen LogP contribution >= 0.6 is 11.6 Å². The van der Waals surface area contributed by atoms with E-state index in [0.29, 0.717) is 12.8 Å². The predicted molar refractivity (Wildman–Crippen MR) is 73.2 cm³/mol. The van der Waals surface area contributed by atoms with Crippen LogP contribution < -0.4 is 5.32 Å². The number of amides is 1. The number of carboxylic acids is 1. The average molecular weight is 300 g/mol. The largest absolute Gasteiger partial charge is 0.481 e. The van der Waals surface area contributed by atoms with Gasteiger partial charge in [-0.25, -0.2) is 4.39 Å². The van der Waals surface area contributed by atoms with Gasteiger partial charge in [-0.1, -0.05) is 24.4 Å². The van der Waals surface area contributed by atoms with Gasteiger partial charge in [0.25, 0.3) is 0 Å². The molecular weight excluding hydrogens is 285 g/mol. The zero-order chi connectivity index (χ0) is 14.8. The molecule has 0 aromatic heterocycles. The number of nitrogens with one attached hydrogen (secondary N) is 1. The first kappa shape index (κ1) is 14.8. The summed E-state index contributed by atoms with van der Waals surface area (Å²) in [5.41, 5.74) is -0.750. The smallest absolute Gasteiger partial charge is 0.310 e. The van der Waals surface area contributed by atoms with Crippen LogP contribution in [0.5, 0.6) is 0 Å². The molecule has 0 spiro atoms. The Hall–Kier alpha value is -1.62. The minimum absolute atomic E-state index is 0.101. The third kappa shape index (κ3) is 3.28. The number of rotatable bonds is 4. The summed E-state index contributed by atoms with van der Waals surface area (Å²) >= 11 is 5.70. The number of carboxylic acid groups (broad SMARTS) is 1. The van der Waals surface area contributed by atoms with Gasteiger partial charge in [0.15, 0.2) is 0 Å². The van der Waals surface area contributed by atoms with Crippen molar-refractivity contribution in [3.63, 3.8) is 0 Å². The van der Waals surface area contributed by atoms with Gasteiger partial charge < -0.3 is 10.4 Å². The molecule has 2 N–H and O–H groups in total. The van der Waals surface area contributed by atoms with Crippen molar-refractivity contribution in [2.24, 2.45) is 5.41 Å². The highest BCUT2D eigenvalue weighted by Gasteiger charge is 2.42. The van der Waals surface area contributed by atoms with Gasteiger partial charge in [0.1, 0.15) is 5.82 Å². The Morgan fingerprint density at radius 3 is 2.50 bits per heavy atom. The molecule has 108 valence electrons. The molecule has 1 aliphatic carbocycles. The number of carbonyl (C=O) groups excluding carboxylic acids is 1. The molecule has 0 aliphatic heterocycles. The Labute approximate surface area is 120 Å². The maximum atomic E-state index is 13.2. The fourth-order valence-electron chi connectivity index (χ4n) is 2.66. The molecule has 0 radical (unpaired) electrons. The Morgan fingerprint density at radius 1 is 1.30 bits per heavy atom. The lowest BCUT2D eigenvalue weighted by atomic mass is 9.82. The van der Waals surface area contributed by atoms with Gasteiger partial charge in [0.05, 0.1) is 5.41 Å². The predicted octanol–water partition coefficient (Wildman–Crippen LogP) is 3.45. The summed E-state index contributed by atoms with van der Waals surface area (Å²) in [4.78, 5) is 23.3. The fraction of sp³-hybridized carbons (Fsp3) is 0.429. The first-order valence-corrected chi connectivity index (χ1v) is 6.78. The molecule has 2 rings (SSSR count). The second-order valence-corrected chi connectivity index (χ2v) is 5.61. The van der Waals surface area contributed by atoms with Crippen LogP contribution in [0.3, 0.4) is 0 Å². The van der Waals surface area contributed by atoms with E-state index in [1.54, 1.807) is 0 Å². The summed E-state index contributed by atoms with van der Waals surface area (Å²) in [6.45, 7) is 0. The molecule has 1 saturated carbocycles. The summed E-state index contributed by atoms with van der Waals surface area (Å²) in [6.07, 6.45) is 2.52. The van der Waals surface area contributed by atoms with Gasteiger partial charge in [-0.15, -0.1) is 0 Å². The van der Waals surface area contributed by atoms with Crippen molar-refractivity contribution in [1.82, 2.24) is 0 Å². The van der Waals surface area contributed by atoms with Crippen LogP contribution in [0.1, 0.15) is 32.1 Å². The molecule has 0 heterocycles. The SMILES string of the molecule is O=C(CC1(C(=O)O)CCCC1)Nc1cc(F)cc(Cl)c1. The maximum Gasteiger partial charge on any atom is 0.310 e. The van der Waals surface area contributed by atoms with Crippen LogP contribution in [0.15, 0.2) is 18.2 Å². The highest BCUT2D eigenvalue weighted by molar-refractivity contribution is 6.30. The summed E-state index contributed by atoms with van der Waals surface area (Å²) in [7, 11) is 0. The Morgan fingerprint density at radius 2 is 1.95 bits per heavy atom. The number of halogens is 2. The molecule has 1 aromatic carbocycles. The van der Waals surface area contributed by atoms with Gasteiger partial charge in [-0.05, 0) is 31.0 Å². The van der Waals surface area contributed by atoms with Crippen molar-refractivity contribution in [2.45, 2.75) is 32.1 Å². The lowest BCUT2D eigenvalue weighted by Crippen LogP contribution is -2.32. The van der Waals surface area contributed by atoms with E-state index in [2.05, 4.69) is 5.32 Å². The van der Waals surface area contributed by atoms with E-state index in [0.717, 1.165) is 25.0 Å². The Kier molecular flexibility index (Phi) is 4.28. The minimum Gasteiger partial charge on any atom is -0.481 e. The topological polar surface area (TPSA) is 66.4 Å². The molecule has 0 saturated heterocycles. The summed E-state index contributed by atoms with van der Waals surface area (Å²) in [5.74, 6) is -1.93. The lowest BCUT2D eigenvalue weighted by molar-refractivity contribution is -0.150. The zero-order valence-electron chi connectivity index (χ0n) is 10.8. The molecule has 0 unspecified atom stereocenters. The molecule has 1 aromatic rings. The van der Waals surface area contributed by atoms with Crippen molar-refractivity contribution in [1.29, 1.82) is 0 Å². The number of hydrogen-bond donors (Lipinski definition) is 2. The van der Waals surface area contributed by atoms with Crippen molar-refractivity contribution in [3.8, 4) is 0 Å². The first-order valence-electron chi connectivity index (χ1n) is 6.41. The van der Waals surface area contributed by atoms with Gasteiger partial charge in [-0.2, -0.15) is 0 Å². The van der Waals surface area contributed by atoms with Gasteiger partial charge in [0.2, 0.25) is 5.91 Å². The van der Waals surface area contributed by atoms with E-state index >= 15 is 0 Å². The highest BCUT2D eigenvalue weighted by atomic mass is 35.5. The normalized spacial score (nSPS) is 16.9. The number of benzene rings is 1. The van der Waals surface area contributed by atoms with E-state index in [4.69, 9.17) is 11.6 Å². The zero-order valence-corrected chi connectivity index (χ0v) is 11.5. The first-order chi connectivity index (χ1) is 9.41. The number of hydrogen-bond acceptors (Lipinski definition) is 2. The number of aliphatic carboxylic acids is 1. The van der Waals surface area contributed by atoms with Crippen LogP contribution in [0.25, 0.3) is 0 Å². The molecule has 0 atom stereocenters. The number of anilines is 1. The van der Waals surface area contributed by atoms with E-state index in [1.807, 2.05) is 0 Å². The monoisotopic (exact) mass is 299 g/mol. The third-order valence-electron chi connectivity index (χ3n) is 3.66. The van der Waals surface area contributed by atoms with Crippen molar-refractivity contribution >= 4 is 29.2 Å². The van der Waals surface area contributed by atoms with Crippen LogP contribution in [-0.4, -0.2) is 17.0 Å². The molecule has 1 amide bonds. The Balaban J connectivity index is 2.06. The van der Waals surface area contributed by atoms with E-state index in [1.165, 1.54) is 6.07 Å². The molecule has 1 fully saturated rings. The molecule has 0 bridgehead atoms. The van der Waals surface area contributed by atoms with Crippen LogP contribution in [0.2, 0.25) is 5.02 Å². The van der Waals surface area contributed by atoms with E-state index in [9.17, 15) is 19.1 Å². The summed E-state index contributed by atoms with van der Waals surface area (Å²) < 4.78 is 13.2. The van der Waals surface area contributed by atoms with Crippen LogP contribution in [0, 0.1) is 11.2 Å². The Bertz CT molecular complexity index is 521. The van der Waals surface area contributed by atoms with Crippen LogP contribution in [0.4, 0.5) is 10.1 Å². The second kappa shape index (κ2) is 5.79. The van der Waals surface area contributed by atoms with Crippen molar-refractivity contribution in [2.75, 3.05) is 5.32 Å². The third-order valence-corrected chi connectivity index (χ3v) is 3.88. The molecular formula is C14H15ClFNO3. The molecule has 4 nitrogen and oxygen atoms in total. The summed E-state index contributed by atoms with van der Waals surface area (Å²) in [6, 6.07) is 3.70. The number of carbonyl (C=O) groups is 2. The standard InChI is InChI=1S/C14H15ClFNO3/c15-9-5-10(16)7-11(6-9)17-12(18)8-14(13(19)20)3-1-2-4-14/h5-7H,1-4,8H2,(H,17,18)(H,19,20). The quantitative estimate of drug-likeness (QED) is 0.895. The minimum atomic E-state index is -0.985. The van der Waals surface area contributed by atoms with Crippen LogP contribution in [-0.2, 0) is 9.59 Å². The fourth-order valence-corrected chi connectivity index (χ4v) is 2.88. The highest BCUT2D eigenvalue weighted by Crippen LogP contribution is 2.41. The van der Waals surface area contributed by atoms with Gasteiger partial charge >= 0.3 is 5.97 Å². The van der Waals surface area contributed by atoms with E-state index in [-0.39, 0.29) is 17.1 Å². The molecule has 6 heteroatoms. The van der Waals surface area contributed by atoms with Crippen molar-refractivity contribution < 1.29 is 19.1 Å². The molecule has 1 aliphatic rings. The van der Waals surface area contributed by atoms with Crippen molar-refractivity contribution in [3.05, 3.63) is 29.0 Å². The summed E-state index contributed by atoms with van der Waals surface area (Å²) in [5, 5.41) is 12.0. The van der Waals surface area contributed by atoms with Gasteiger partial charge in [-0.3, -0.25) is 9.59 Å². The lowest BCUT2D eigenvalue weighted by Gasteiger charge is -2.22. The average Bonchev–Trinajstić information content (AvgIpc) is 2.76. The second-order valence-electron chi connectivity index (χ2n) is 5.18. The molecule has 20 heavy (non-hydrogen) atoms. The maximum absolute atomic E-state index is 13.2.